The van der Waals surface area contributed by atoms with Crippen LogP contribution in [-0.2, 0) is 27.2 Å². The van der Waals surface area contributed by atoms with Crippen LogP contribution in [0.2, 0.25) is 0 Å². The van der Waals surface area contributed by atoms with Gasteiger partial charge in [0.2, 0.25) is 11.8 Å². The number of amides is 3. The Morgan fingerprint density at radius 2 is 1.44 bits per heavy atom. The number of carbonyl (C=O) groups is 3. The van der Waals surface area contributed by atoms with E-state index < -0.39 is 17.7 Å². The zero-order valence-electron chi connectivity index (χ0n) is 19.5. The van der Waals surface area contributed by atoms with Gasteiger partial charge in [0, 0.05) is 26.9 Å². The van der Waals surface area contributed by atoms with E-state index in [4.69, 9.17) is 10.5 Å². The van der Waals surface area contributed by atoms with Crippen LogP contribution in [0.5, 0.6) is 0 Å². The highest BCUT2D eigenvalue weighted by molar-refractivity contribution is 5.85. The lowest BCUT2D eigenvalue weighted by atomic mass is 9.99. The molecule has 3 amide bonds. The van der Waals surface area contributed by atoms with Crippen LogP contribution in [0.25, 0.3) is 11.1 Å². The van der Waals surface area contributed by atoms with E-state index in [9.17, 15) is 14.4 Å². The Morgan fingerprint density at radius 3 is 1.88 bits per heavy atom. The van der Waals surface area contributed by atoms with Gasteiger partial charge in [-0.05, 0) is 49.4 Å². The molecule has 0 saturated carbocycles. The first-order valence-electron chi connectivity index (χ1n) is 10.6. The Labute approximate surface area is 189 Å². The molecule has 0 aliphatic carbocycles. The second kappa shape index (κ2) is 10.8. The van der Waals surface area contributed by atoms with Gasteiger partial charge < -0.3 is 20.7 Å². The number of nitrogens with one attached hydrogen (secondary N) is 1. The Bertz CT molecular complexity index is 929. The second-order valence-corrected chi connectivity index (χ2v) is 9.00. The lowest BCUT2D eigenvalue weighted by Gasteiger charge is -2.25. The molecule has 0 spiro atoms. The van der Waals surface area contributed by atoms with Crippen molar-refractivity contribution in [2.75, 3.05) is 14.1 Å². The molecule has 32 heavy (non-hydrogen) atoms. The van der Waals surface area contributed by atoms with Gasteiger partial charge in [-0.15, -0.1) is 0 Å². The fourth-order valence-corrected chi connectivity index (χ4v) is 3.16. The minimum Gasteiger partial charge on any atom is -0.444 e. The number of nitrogens with zero attached hydrogens (tertiary/aromatic N) is 1. The van der Waals surface area contributed by atoms with Crippen LogP contribution in [0, 0.1) is 0 Å². The van der Waals surface area contributed by atoms with E-state index in [2.05, 4.69) is 5.32 Å². The smallest absolute Gasteiger partial charge is 0.408 e. The molecule has 2 aromatic carbocycles. The molecule has 0 saturated heterocycles. The summed E-state index contributed by atoms with van der Waals surface area (Å²) in [5.41, 5.74) is 8.62. The Hall–Kier alpha value is -3.35. The minimum atomic E-state index is -0.727. The summed E-state index contributed by atoms with van der Waals surface area (Å²) in [6.45, 7) is 5.33. The topological polar surface area (TPSA) is 102 Å². The number of aryl methyl sites for hydroxylation is 1. The lowest BCUT2D eigenvalue weighted by molar-refractivity contribution is -0.130. The molecule has 1 atom stereocenters. The number of carbonyl (C=O) groups excluding carboxylic acids is 3. The number of hydrogen-bond donors (Lipinski definition) is 2. The third kappa shape index (κ3) is 8.06. The van der Waals surface area contributed by atoms with Crippen LogP contribution in [0.3, 0.4) is 0 Å². The molecule has 0 fully saturated rings. The first-order valence-corrected chi connectivity index (χ1v) is 10.6. The van der Waals surface area contributed by atoms with Crippen molar-refractivity contribution in [1.82, 2.24) is 10.2 Å². The van der Waals surface area contributed by atoms with Crippen LogP contribution < -0.4 is 11.1 Å². The van der Waals surface area contributed by atoms with Crippen molar-refractivity contribution >= 4 is 17.9 Å². The Kier molecular flexibility index (Phi) is 8.41. The number of alkyl carbamates (subject to hydrolysis) is 1. The van der Waals surface area contributed by atoms with Crippen LogP contribution in [0.4, 0.5) is 4.79 Å². The van der Waals surface area contributed by atoms with Gasteiger partial charge in [-0.1, -0.05) is 48.5 Å². The highest BCUT2D eigenvalue weighted by atomic mass is 16.6. The van der Waals surface area contributed by atoms with Crippen LogP contribution in [0.1, 0.15) is 38.3 Å². The predicted molar refractivity (Wildman–Crippen MR) is 125 cm³/mol. The van der Waals surface area contributed by atoms with Crippen molar-refractivity contribution < 1.29 is 19.1 Å². The van der Waals surface area contributed by atoms with E-state index in [1.165, 1.54) is 4.90 Å². The standard InChI is InChI=1S/C25H33N3O4/c1-25(2,3)32-24(31)27-21(23(30)28(4)5)16-18-8-13-20(14-9-18)19-11-6-17(7-12-19)10-15-22(26)29/h6-9,11-14,21H,10,15-16H2,1-5H3,(H2,26,29)(H,27,31). The van der Waals surface area contributed by atoms with Gasteiger partial charge in [0.05, 0.1) is 0 Å². The van der Waals surface area contributed by atoms with E-state index in [0.29, 0.717) is 19.3 Å². The van der Waals surface area contributed by atoms with Crippen molar-refractivity contribution in [2.45, 2.75) is 51.7 Å². The van der Waals surface area contributed by atoms with Crippen molar-refractivity contribution in [3.63, 3.8) is 0 Å². The van der Waals surface area contributed by atoms with Crippen molar-refractivity contribution in [2.24, 2.45) is 5.73 Å². The van der Waals surface area contributed by atoms with Gasteiger partial charge in [0.15, 0.2) is 0 Å². The molecule has 3 N–H and O–H groups in total. The molecule has 0 aliphatic rings. The fraction of sp³-hybridized carbons (Fsp3) is 0.400. The zero-order valence-corrected chi connectivity index (χ0v) is 19.5. The molecule has 0 radical (unpaired) electrons. The lowest BCUT2D eigenvalue weighted by Crippen LogP contribution is -2.48. The SMILES string of the molecule is CN(C)C(=O)C(Cc1ccc(-c2ccc(CCC(N)=O)cc2)cc1)NC(=O)OC(C)(C)C. The highest BCUT2D eigenvalue weighted by Crippen LogP contribution is 2.21. The molecule has 0 aromatic heterocycles. The number of benzene rings is 2. The van der Waals surface area contributed by atoms with Crippen LogP contribution in [-0.4, -0.2) is 48.5 Å². The third-order valence-corrected chi connectivity index (χ3v) is 4.77. The molecule has 0 heterocycles. The highest BCUT2D eigenvalue weighted by Gasteiger charge is 2.25. The first kappa shape index (κ1) is 24.9. The number of primary amides is 1. The molecule has 7 nitrogen and oxygen atoms in total. The molecule has 0 aliphatic heterocycles. The number of hydrogen-bond acceptors (Lipinski definition) is 4. The van der Waals surface area contributed by atoms with Gasteiger partial charge in [-0.3, -0.25) is 9.59 Å². The molecule has 0 bridgehead atoms. The zero-order chi connectivity index (χ0) is 23.9. The van der Waals surface area contributed by atoms with E-state index in [0.717, 1.165) is 22.3 Å². The maximum atomic E-state index is 12.6. The maximum absolute atomic E-state index is 12.6. The summed E-state index contributed by atoms with van der Waals surface area (Å²) >= 11 is 0. The summed E-state index contributed by atoms with van der Waals surface area (Å²) in [6.07, 6.45) is 0.687. The number of nitrogens with two attached hydrogens (primary N) is 1. The normalized spacial score (nSPS) is 12.0. The summed E-state index contributed by atoms with van der Waals surface area (Å²) in [5.74, 6) is -0.511. The molecule has 7 heteroatoms. The van der Waals surface area contributed by atoms with Crippen LogP contribution in [0.15, 0.2) is 48.5 Å². The maximum Gasteiger partial charge on any atom is 0.408 e. The average Bonchev–Trinajstić information content (AvgIpc) is 2.70. The van der Waals surface area contributed by atoms with Gasteiger partial charge in [-0.25, -0.2) is 4.79 Å². The van der Waals surface area contributed by atoms with Gasteiger partial charge in [0.1, 0.15) is 11.6 Å². The van der Waals surface area contributed by atoms with E-state index in [1.54, 1.807) is 34.9 Å². The Morgan fingerprint density at radius 1 is 0.938 bits per heavy atom. The number of rotatable bonds is 8. The molecule has 1 unspecified atom stereocenters. The van der Waals surface area contributed by atoms with Gasteiger partial charge >= 0.3 is 6.09 Å². The monoisotopic (exact) mass is 439 g/mol. The summed E-state index contributed by atoms with van der Waals surface area (Å²) in [5, 5.41) is 2.69. The molecule has 2 aromatic rings. The minimum absolute atomic E-state index is 0.202. The summed E-state index contributed by atoms with van der Waals surface area (Å²) in [7, 11) is 3.31. The fourth-order valence-electron chi connectivity index (χ4n) is 3.16. The third-order valence-electron chi connectivity index (χ3n) is 4.77. The molecular weight excluding hydrogens is 406 g/mol. The number of ether oxygens (including phenoxy) is 1. The second-order valence-electron chi connectivity index (χ2n) is 9.00. The molecule has 172 valence electrons. The largest absolute Gasteiger partial charge is 0.444 e. The van der Waals surface area contributed by atoms with E-state index in [-0.39, 0.29) is 11.8 Å². The molecule has 2 rings (SSSR count). The van der Waals surface area contributed by atoms with E-state index >= 15 is 0 Å². The predicted octanol–water partition coefficient (Wildman–Crippen LogP) is 3.30. The van der Waals surface area contributed by atoms with Crippen molar-refractivity contribution in [3.8, 4) is 11.1 Å². The first-order chi connectivity index (χ1) is 14.9. The van der Waals surface area contributed by atoms with Gasteiger partial charge in [0.25, 0.3) is 0 Å². The quantitative estimate of drug-likeness (QED) is 0.659. The van der Waals surface area contributed by atoms with Crippen LogP contribution >= 0.6 is 0 Å². The van der Waals surface area contributed by atoms with Crippen molar-refractivity contribution in [3.05, 3.63) is 59.7 Å². The summed E-state index contributed by atoms with van der Waals surface area (Å²) < 4.78 is 5.31. The number of likely N-dealkylation sites (N-methyl/N-ethyl adjacent to an activating group) is 1. The van der Waals surface area contributed by atoms with E-state index in [1.807, 2.05) is 48.5 Å². The molecular formula is C25H33N3O4. The average molecular weight is 440 g/mol. The summed E-state index contributed by atoms with van der Waals surface area (Å²) in [4.78, 5) is 37.2. The summed E-state index contributed by atoms with van der Waals surface area (Å²) in [6, 6.07) is 15.1. The van der Waals surface area contributed by atoms with Crippen molar-refractivity contribution in [1.29, 1.82) is 0 Å². The Balaban J connectivity index is 2.09. The van der Waals surface area contributed by atoms with Gasteiger partial charge in [-0.2, -0.15) is 0 Å².